The Morgan fingerprint density at radius 3 is 2.73 bits per heavy atom. The molecule has 2 aromatic heterocycles. The van der Waals surface area contributed by atoms with Gasteiger partial charge >= 0.3 is 11.9 Å². The van der Waals surface area contributed by atoms with Crippen molar-refractivity contribution in [3.8, 4) is 0 Å². The van der Waals surface area contributed by atoms with Gasteiger partial charge in [0.2, 0.25) is 11.9 Å². The number of aromatic nitrogens is 4. The number of carboxylic acids is 2. The molecular formula is C20H25N7O6. The zero-order valence-corrected chi connectivity index (χ0v) is 17.9. The minimum Gasteiger partial charge on any atom is -0.481 e. The van der Waals surface area contributed by atoms with Gasteiger partial charge in [0.1, 0.15) is 6.04 Å². The fraction of sp³-hybridized carbons (Fsp3) is 0.450. The highest BCUT2D eigenvalue weighted by Crippen LogP contribution is 2.25. The van der Waals surface area contributed by atoms with E-state index in [1.165, 1.54) is 13.2 Å². The number of hydrogen-bond donors (Lipinski definition) is 5. The molecule has 0 aromatic carbocycles. The topological polar surface area (TPSA) is 204 Å². The molecule has 33 heavy (non-hydrogen) atoms. The van der Waals surface area contributed by atoms with Crippen molar-refractivity contribution in [2.45, 2.75) is 44.7 Å². The summed E-state index contributed by atoms with van der Waals surface area (Å²) in [6, 6.07) is -1.18. The largest absolute Gasteiger partial charge is 0.481 e. The maximum Gasteiger partial charge on any atom is 0.326 e. The second-order valence-corrected chi connectivity index (χ2v) is 7.77. The fourth-order valence-corrected chi connectivity index (χ4v) is 3.66. The van der Waals surface area contributed by atoms with Crippen molar-refractivity contribution >= 4 is 35.0 Å². The number of rotatable bonds is 9. The summed E-state index contributed by atoms with van der Waals surface area (Å²) in [5, 5.41) is 21.4. The molecule has 0 bridgehead atoms. The van der Waals surface area contributed by atoms with Gasteiger partial charge in [-0.05, 0) is 25.7 Å². The molecule has 1 amide bonds. The van der Waals surface area contributed by atoms with Gasteiger partial charge in [0, 0.05) is 25.1 Å². The van der Waals surface area contributed by atoms with E-state index in [0.29, 0.717) is 31.5 Å². The fourth-order valence-electron chi connectivity index (χ4n) is 3.66. The van der Waals surface area contributed by atoms with Crippen LogP contribution in [0.15, 0.2) is 22.8 Å². The molecule has 13 nitrogen and oxygen atoms in total. The van der Waals surface area contributed by atoms with E-state index in [4.69, 9.17) is 10.8 Å². The monoisotopic (exact) mass is 459 g/mol. The number of nitrogens with two attached hydrogens (primary N) is 1. The van der Waals surface area contributed by atoms with Crippen molar-refractivity contribution < 1.29 is 24.6 Å². The van der Waals surface area contributed by atoms with E-state index in [1.807, 2.05) is 6.08 Å². The van der Waals surface area contributed by atoms with Crippen molar-refractivity contribution in [1.29, 1.82) is 0 Å². The number of amides is 1. The first-order chi connectivity index (χ1) is 15.7. The Morgan fingerprint density at radius 1 is 1.33 bits per heavy atom. The molecule has 2 aromatic rings. The third-order valence-corrected chi connectivity index (χ3v) is 5.47. The van der Waals surface area contributed by atoms with Crippen LogP contribution in [0.2, 0.25) is 0 Å². The SMILES string of the molecule is CN(C(=O)C1CC=C(NCc2cnc3nc(N)[nH]c(=O)c3n2)CC1)[C@@H](CCC(=O)O)C(=O)O. The standard InChI is InChI=1S/C20H25N7O6/c1-27(13(19(32)33)6-7-14(28)29)18(31)10-2-4-11(5-3-10)22-8-12-9-23-16-15(24-12)17(30)26-20(21)25-16/h4,9-10,13,22H,2-3,5-8H2,1H3,(H,28,29)(H,32,33)(H3,21,23,25,26,30)/t10?,13-/m0/s1. The first-order valence-corrected chi connectivity index (χ1v) is 10.3. The lowest BCUT2D eigenvalue weighted by Crippen LogP contribution is -2.45. The number of anilines is 1. The Labute approximate surface area is 187 Å². The molecule has 6 N–H and O–H groups in total. The van der Waals surface area contributed by atoms with Crippen molar-refractivity contribution in [2.75, 3.05) is 12.8 Å². The number of carbonyl (C=O) groups excluding carboxylic acids is 1. The van der Waals surface area contributed by atoms with E-state index in [0.717, 1.165) is 10.6 Å². The first kappa shape index (κ1) is 23.6. The Hall–Kier alpha value is -4.03. The van der Waals surface area contributed by atoms with Crippen LogP contribution in [0.5, 0.6) is 0 Å². The second kappa shape index (κ2) is 10.1. The van der Waals surface area contributed by atoms with Crippen LogP contribution in [0, 0.1) is 5.92 Å². The summed E-state index contributed by atoms with van der Waals surface area (Å²) in [5.74, 6) is -3.09. The summed E-state index contributed by atoms with van der Waals surface area (Å²) < 4.78 is 0. The predicted octanol–water partition coefficient (Wildman–Crippen LogP) is -0.155. The van der Waals surface area contributed by atoms with Crippen molar-refractivity contribution in [3.05, 3.63) is 34.0 Å². The number of carbonyl (C=O) groups is 3. The lowest BCUT2D eigenvalue weighted by molar-refractivity contribution is -0.151. The summed E-state index contributed by atoms with van der Waals surface area (Å²) in [5.41, 5.74) is 6.69. The van der Waals surface area contributed by atoms with Gasteiger partial charge in [0.15, 0.2) is 11.2 Å². The van der Waals surface area contributed by atoms with E-state index in [9.17, 15) is 24.3 Å². The summed E-state index contributed by atoms with van der Waals surface area (Å²) in [6.45, 7) is 0.313. The Morgan fingerprint density at radius 2 is 2.09 bits per heavy atom. The van der Waals surface area contributed by atoms with Crippen LogP contribution in [0.25, 0.3) is 11.2 Å². The van der Waals surface area contributed by atoms with E-state index in [2.05, 4.69) is 25.3 Å². The van der Waals surface area contributed by atoms with Crippen LogP contribution in [0.3, 0.4) is 0 Å². The molecule has 3 rings (SSSR count). The number of nitrogen functional groups attached to an aromatic ring is 1. The Balaban J connectivity index is 1.58. The van der Waals surface area contributed by atoms with E-state index in [-0.39, 0.29) is 41.8 Å². The molecule has 0 aliphatic heterocycles. The van der Waals surface area contributed by atoms with E-state index >= 15 is 0 Å². The van der Waals surface area contributed by atoms with E-state index in [1.54, 1.807) is 0 Å². The third-order valence-electron chi connectivity index (χ3n) is 5.47. The van der Waals surface area contributed by atoms with Crippen LogP contribution in [-0.2, 0) is 20.9 Å². The number of carboxylic acid groups (broad SMARTS) is 2. The molecule has 1 aliphatic rings. The number of allylic oxidation sites excluding steroid dienone is 2. The molecule has 1 unspecified atom stereocenters. The molecule has 1 aliphatic carbocycles. The highest BCUT2D eigenvalue weighted by Gasteiger charge is 2.32. The normalized spacial score (nSPS) is 16.6. The van der Waals surface area contributed by atoms with Gasteiger partial charge < -0.3 is 26.2 Å². The molecule has 0 saturated heterocycles. The maximum atomic E-state index is 12.8. The van der Waals surface area contributed by atoms with Crippen LogP contribution < -0.4 is 16.6 Å². The molecule has 0 fully saturated rings. The molecule has 2 atom stereocenters. The summed E-state index contributed by atoms with van der Waals surface area (Å²) in [4.78, 5) is 62.8. The van der Waals surface area contributed by atoms with Gasteiger partial charge in [-0.2, -0.15) is 4.98 Å². The molecule has 2 heterocycles. The number of nitrogens with zero attached hydrogens (tertiary/aromatic N) is 4. The quantitative estimate of drug-likeness (QED) is 0.333. The number of nitrogens with one attached hydrogen (secondary N) is 2. The first-order valence-electron chi connectivity index (χ1n) is 10.3. The second-order valence-electron chi connectivity index (χ2n) is 7.77. The Bertz CT molecular complexity index is 1160. The zero-order chi connectivity index (χ0) is 24.1. The molecule has 13 heteroatoms. The van der Waals surface area contributed by atoms with Crippen molar-refractivity contribution in [1.82, 2.24) is 30.2 Å². The van der Waals surface area contributed by atoms with Crippen LogP contribution in [0.1, 0.15) is 37.8 Å². The van der Waals surface area contributed by atoms with Gasteiger partial charge in [0.25, 0.3) is 5.56 Å². The van der Waals surface area contributed by atoms with Crippen molar-refractivity contribution in [2.24, 2.45) is 5.92 Å². The molecule has 176 valence electrons. The maximum absolute atomic E-state index is 12.8. The van der Waals surface area contributed by atoms with Gasteiger partial charge in [-0.25, -0.2) is 14.8 Å². The Kier molecular flexibility index (Phi) is 7.20. The number of fused-ring (bicyclic) bond motifs is 1. The third kappa shape index (κ3) is 5.81. The molecule has 0 spiro atoms. The van der Waals surface area contributed by atoms with Gasteiger partial charge in [-0.15, -0.1) is 0 Å². The summed E-state index contributed by atoms with van der Waals surface area (Å²) in [7, 11) is 1.39. The summed E-state index contributed by atoms with van der Waals surface area (Å²) in [6.07, 6.45) is 4.38. The minimum absolute atomic E-state index is 0.0358. The highest BCUT2D eigenvalue weighted by molar-refractivity contribution is 5.85. The zero-order valence-electron chi connectivity index (χ0n) is 17.9. The van der Waals surface area contributed by atoms with Crippen LogP contribution in [-0.4, -0.2) is 66.0 Å². The lowest BCUT2D eigenvalue weighted by Gasteiger charge is -2.30. The van der Waals surface area contributed by atoms with Crippen LogP contribution >= 0.6 is 0 Å². The molecule has 0 radical (unpaired) electrons. The number of aromatic amines is 1. The smallest absolute Gasteiger partial charge is 0.326 e. The van der Waals surface area contributed by atoms with Gasteiger partial charge in [-0.3, -0.25) is 19.4 Å². The average Bonchev–Trinajstić information content (AvgIpc) is 2.77. The van der Waals surface area contributed by atoms with Crippen LogP contribution in [0.4, 0.5) is 5.95 Å². The number of aliphatic carboxylic acids is 2. The average molecular weight is 459 g/mol. The summed E-state index contributed by atoms with van der Waals surface area (Å²) >= 11 is 0. The number of H-pyrrole nitrogens is 1. The number of likely N-dealkylation sites (N-methyl/N-ethyl adjacent to an activating group) is 1. The molecular weight excluding hydrogens is 434 g/mol. The van der Waals surface area contributed by atoms with E-state index < -0.39 is 23.5 Å². The predicted molar refractivity (Wildman–Crippen MR) is 116 cm³/mol. The highest BCUT2D eigenvalue weighted by atomic mass is 16.4. The van der Waals surface area contributed by atoms with Gasteiger partial charge in [-0.1, -0.05) is 6.08 Å². The molecule has 0 saturated carbocycles. The number of hydrogen-bond acceptors (Lipinski definition) is 9. The van der Waals surface area contributed by atoms with Gasteiger partial charge in [0.05, 0.1) is 18.4 Å². The lowest BCUT2D eigenvalue weighted by atomic mass is 9.90. The van der Waals surface area contributed by atoms with Crippen molar-refractivity contribution in [3.63, 3.8) is 0 Å². The minimum atomic E-state index is -1.23.